The van der Waals surface area contributed by atoms with Crippen LogP contribution >= 0.6 is 0 Å². The molecule has 0 saturated carbocycles. The van der Waals surface area contributed by atoms with Gasteiger partial charge in [-0.05, 0) is 17.9 Å². The van der Waals surface area contributed by atoms with Crippen LogP contribution in [0.1, 0.15) is 51.5 Å². The predicted molar refractivity (Wildman–Crippen MR) is 79.8 cm³/mol. The number of carbonyl (C=O) groups is 1. The summed E-state index contributed by atoms with van der Waals surface area (Å²) in [5.74, 6) is 0.782. The first-order valence-corrected chi connectivity index (χ1v) is 7.69. The van der Waals surface area contributed by atoms with Gasteiger partial charge in [-0.25, -0.2) is 5.06 Å². The van der Waals surface area contributed by atoms with Crippen LogP contribution in [0, 0.1) is 5.92 Å². The van der Waals surface area contributed by atoms with Crippen LogP contribution in [0.25, 0.3) is 0 Å². The highest BCUT2D eigenvalue weighted by Crippen LogP contribution is 2.28. The quantitative estimate of drug-likeness (QED) is 0.673. The number of hydrogen-bond acceptors (Lipinski definition) is 2. The molecule has 0 bridgehead atoms. The Labute approximate surface area is 121 Å². The van der Waals surface area contributed by atoms with Gasteiger partial charge in [0.05, 0.1) is 12.5 Å². The largest absolute Gasteiger partial charge is 0.272 e. The molecule has 0 aromatic heterocycles. The van der Waals surface area contributed by atoms with Crippen LogP contribution in [-0.2, 0) is 16.2 Å². The van der Waals surface area contributed by atoms with Crippen LogP contribution in [0.3, 0.4) is 0 Å². The van der Waals surface area contributed by atoms with Crippen LogP contribution in [0.15, 0.2) is 30.3 Å². The average Bonchev–Trinajstić information content (AvgIpc) is 2.45. The maximum atomic E-state index is 11.7. The molecule has 0 unspecified atom stereocenters. The second kappa shape index (κ2) is 7.44. The molecule has 1 heterocycles. The first-order valence-electron chi connectivity index (χ1n) is 7.69. The van der Waals surface area contributed by atoms with Crippen molar-refractivity contribution in [1.29, 1.82) is 0 Å². The third-order valence-electron chi connectivity index (χ3n) is 3.93. The normalized spacial score (nSPS) is 19.8. The molecule has 3 heteroatoms. The molecule has 1 aromatic carbocycles. The SMILES string of the molecule is CCCC[C@@H](C)C[C@H]1CC(=O)N1OCc1ccccc1. The lowest BCUT2D eigenvalue weighted by Gasteiger charge is -2.40. The molecule has 20 heavy (non-hydrogen) atoms. The van der Waals surface area contributed by atoms with E-state index in [1.54, 1.807) is 5.06 Å². The van der Waals surface area contributed by atoms with Gasteiger partial charge in [-0.1, -0.05) is 63.4 Å². The van der Waals surface area contributed by atoms with E-state index in [0.717, 1.165) is 12.0 Å². The summed E-state index contributed by atoms with van der Waals surface area (Å²) in [5.41, 5.74) is 1.10. The van der Waals surface area contributed by atoms with E-state index in [1.807, 2.05) is 30.3 Å². The molecule has 1 aliphatic heterocycles. The van der Waals surface area contributed by atoms with Gasteiger partial charge in [-0.2, -0.15) is 0 Å². The monoisotopic (exact) mass is 275 g/mol. The fourth-order valence-electron chi connectivity index (χ4n) is 2.68. The van der Waals surface area contributed by atoms with Gasteiger partial charge in [0.25, 0.3) is 0 Å². The number of hydroxylamine groups is 2. The van der Waals surface area contributed by atoms with Crippen LogP contribution in [-0.4, -0.2) is 17.0 Å². The summed E-state index contributed by atoms with van der Waals surface area (Å²) in [6.07, 6.45) is 5.45. The molecular weight excluding hydrogens is 250 g/mol. The Hall–Kier alpha value is -1.35. The Bertz CT molecular complexity index is 418. The van der Waals surface area contributed by atoms with E-state index >= 15 is 0 Å². The Morgan fingerprint density at radius 2 is 2.10 bits per heavy atom. The van der Waals surface area contributed by atoms with Crippen molar-refractivity contribution in [2.45, 2.75) is 58.6 Å². The minimum atomic E-state index is 0.119. The topological polar surface area (TPSA) is 29.5 Å². The lowest BCUT2D eigenvalue weighted by molar-refractivity contribution is -0.235. The molecule has 1 fully saturated rings. The fourth-order valence-corrected chi connectivity index (χ4v) is 2.68. The van der Waals surface area contributed by atoms with Gasteiger partial charge in [-0.3, -0.25) is 9.63 Å². The predicted octanol–water partition coefficient (Wildman–Crippen LogP) is 3.94. The third-order valence-corrected chi connectivity index (χ3v) is 3.93. The zero-order valence-corrected chi connectivity index (χ0v) is 12.5. The van der Waals surface area contributed by atoms with Crippen LogP contribution in [0.5, 0.6) is 0 Å². The third kappa shape index (κ3) is 4.07. The highest BCUT2D eigenvalue weighted by molar-refractivity contribution is 5.81. The molecule has 1 amide bonds. The fraction of sp³-hybridized carbons (Fsp3) is 0.588. The van der Waals surface area contributed by atoms with E-state index in [1.165, 1.54) is 19.3 Å². The van der Waals surface area contributed by atoms with Crippen molar-refractivity contribution in [3.8, 4) is 0 Å². The number of hydrogen-bond donors (Lipinski definition) is 0. The van der Waals surface area contributed by atoms with Crippen LogP contribution < -0.4 is 0 Å². The summed E-state index contributed by atoms with van der Waals surface area (Å²) in [4.78, 5) is 17.3. The molecule has 1 aromatic rings. The Morgan fingerprint density at radius 3 is 2.75 bits per heavy atom. The molecule has 3 nitrogen and oxygen atoms in total. The minimum Gasteiger partial charge on any atom is -0.272 e. The van der Waals surface area contributed by atoms with Crippen molar-refractivity contribution in [3.63, 3.8) is 0 Å². The van der Waals surface area contributed by atoms with Crippen molar-refractivity contribution in [2.75, 3.05) is 0 Å². The summed E-state index contributed by atoms with van der Waals surface area (Å²) in [6, 6.07) is 10.3. The van der Waals surface area contributed by atoms with E-state index in [0.29, 0.717) is 18.9 Å². The highest BCUT2D eigenvalue weighted by Gasteiger charge is 2.37. The van der Waals surface area contributed by atoms with Crippen molar-refractivity contribution in [1.82, 2.24) is 5.06 Å². The average molecular weight is 275 g/mol. The van der Waals surface area contributed by atoms with Crippen LogP contribution in [0.2, 0.25) is 0 Å². The summed E-state index contributed by atoms with van der Waals surface area (Å²) < 4.78 is 0. The summed E-state index contributed by atoms with van der Waals surface area (Å²) in [7, 11) is 0. The smallest absolute Gasteiger partial charge is 0.248 e. The Kier molecular flexibility index (Phi) is 5.60. The van der Waals surface area contributed by atoms with Crippen molar-refractivity contribution < 1.29 is 9.63 Å². The number of carbonyl (C=O) groups excluding carboxylic acids is 1. The van der Waals surface area contributed by atoms with E-state index in [2.05, 4.69) is 13.8 Å². The number of unbranched alkanes of at least 4 members (excludes halogenated alkanes) is 1. The summed E-state index contributed by atoms with van der Waals surface area (Å²) in [6.45, 7) is 4.97. The molecule has 0 aliphatic carbocycles. The maximum Gasteiger partial charge on any atom is 0.248 e. The van der Waals surface area contributed by atoms with Gasteiger partial charge < -0.3 is 0 Å². The van der Waals surface area contributed by atoms with Gasteiger partial charge in [0.2, 0.25) is 5.91 Å². The van der Waals surface area contributed by atoms with Gasteiger partial charge >= 0.3 is 0 Å². The van der Waals surface area contributed by atoms with Gasteiger partial charge in [-0.15, -0.1) is 0 Å². The van der Waals surface area contributed by atoms with Gasteiger partial charge in [0, 0.05) is 0 Å². The molecule has 110 valence electrons. The number of benzene rings is 1. The van der Waals surface area contributed by atoms with Crippen molar-refractivity contribution >= 4 is 5.91 Å². The second-order valence-corrected chi connectivity index (χ2v) is 5.82. The second-order valence-electron chi connectivity index (χ2n) is 5.82. The number of nitrogens with zero attached hydrogens (tertiary/aromatic N) is 1. The summed E-state index contributed by atoms with van der Waals surface area (Å²) in [5, 5.41) is 1.59. The van der Waals surface area contributed by atoms with Crippen LogP contribution in [0.4, 0.5) is 0 Å². The van der Waals surface area contributed by atoms with Gasteiger partial charge in [0.1, 0.15) is 6.61 Å². The van der Waals surface area contributed by atoms with E-state index in [9.17, 15) is 4.79 Å². The Balaban J connectivity index is 1.76. The summed E-state index contributed by atoms with van der Waals surface area (Å²) >= 11 is 0. The number of rotatable bonds is 8. The molecule has 0 spiro atoms. The van der Waals surface area contributed by atoms with E-state index < -0.39 is 0 Å². The molecule has 2 atom stereocenters. The molecule has 0 radical (unpaired) electrons. The minimum absolute atomic E-state index is 0.119. The molecular formula is C17H25NO2. The maximum absolute atomic E-state index is 11.7. The zero-order valence-electron chi connectivity index (χ0n) is 12.5. The lowest BCUT2D eigenvalue weighted by atomic mass is 9.91. The number of amides is 1. The standard InChI is InChI=1S/C17H25NO2/c1-3-4-8-14(2)11-16-12-17(19)18(16)20-13-15-9-6-5-7-10-15/h5-7,9-10,14,16H,3-4,8,11-13H2,1-2H3/t14-,16+/m1/s1. The molecule has 1 aliphatic rings. The Morgan fingerprint density at radius 1 is 1.35 bits per heavy atom. The van der Waals surface area contributed by atoms with Gasteiger partial charge in [0.15, 0.2) is 0 Å². The lowest BCUT2D eigenvalue weighted by Crippen LogP contribution is -2.52. The molecule has 1 saturated heterocycles. The zero-order chi connectivity index (χ0) is 14.4. The van der Waals surface area contributed by atoms with E-state index in [-0.39, 0.29) is 11.9 Å². The molecule has 0 N–H and O–H groups in total. The van der Waals surface area contributed by atoms with E-state index in [4.69, 9.17) is 4.84 Å². The highest BCUT2D eigenvalue weighted by atomic mass is 16.7. The van der Waals surface area contributed by atoms with Crippen molar-refractivity contribution in [2.24, 2.45) is 5.92 Å². The first kappa shape index (κ1) is 15.0. The van der Waals surface area contributed by atoms with Crippen molar-refractivity contribution in [3.05, 3.63) is 35.9 Å². The first-order chi connectivity index (χ1) is 9.70. The molecule has 2 rings (SSSR count). The number of β-lactam (4-membered cyclic amide) rings is 1.